The van der Waals surface area contributed by atoms with Crippen LogP contribution < -0.4 is 4.90 Å². The smallest absolute Gasteiger partial charge is 0.275 e. The summed E-state index contributed by atoms with van der Waals surface area (Å²) >= 11 is 0. The molecule has 1 saturated heterocycles. The first-order valence-corrected chi connectivity index (χ1v) is 9.29. The fourth-order valence-electron chi connectivity index (χ4n) is 3.69. The lowest BCUT2D eigenvalue weighted by Gasteiger charge is -2.30. The Morgan fingerprint density at radius 2 is 2.07 bits per heavy atom. The lowest BCUT2D eigenvalue weighted by Crippen LogP contribution is -2.39. The maximum absolute atomic E-state index is 13.4. The molecule has 5 rings (SSSR count). The molecule has 8 nitrogen and oxygen atoms in total. The molecule has 0 unspecified atom stereocenters. The van der Waals surface area contributed by atoms with E-state index in [9.17, 15) is 9.18 Å². The van der Waals surface area contributed by atoms with Gasteiger partial charge < -0.3 is 14.5 Å². The van der Waals surface area contributed by atoms with E-state index in [1.165, 1.54) is 12.1 Å². The molecular formula is C19H19FN6O2. The summed E-state index contributed by atoms with van der Waals surface area (Å²) in [7, 11) is 0. The molecule has 1 amide bonds. The molecule has 4 heterocycles. The topological polar surface area (TPSA) is 87.2 Å². The number of ether oxygens (including phenoxy) is 1. The average molecular weight is 382 g/mol. The van der Waals surface area contributed by atoms with Crippen LogP contribution in [0.2, 0.25) is 0 Å². The first-order valence-electron chi connectivity index (χ1n) is 9.29. The molecular weight excluding hydrogens is 363 g/mol. The van der Waals surface area contributed by atoms with Gasteiger partial charge in [0.1, 0.15) is 5.82 Å². The van der Waals surface area contributed by atoms with Crippen LogP contribution in [0.15, 0.2) is 24.4 Å². The van der Waals surface area contributed by atoms with E-state index < -0.39 is 0 Å². The van der Waals surface area contributed by atoms with Crippen LogP contribution in [0.5, 0.6) is 0 Å². The molecule has 3 aromatic rings. The number of anilines is 1. The number of hydrogen-bond donors (Lipinski definition) is 1. The lowest BCUT2D eigenvalue weighted by molar-refractivity contribution is 0.0727. The van der Waals surface area contributed by atoms with E-state index in [0.717, 1.165) is 24.3 Å². The van der Waals surface area contributed by atoms with Crippen molar-refractivity contribution in [3.63, 3.8) is 0 Å². The molecule has 0 spiro atoms. The number of nitrogens with zero attached hydrogens (tertiary/aromatic N) is 5. The number of rotatable bonds is 2. The normalized spacial score (nSPS) is 17.0. The van der Waals surface area contributed by atoms with Crippen LogP contribution in [-0.2, 0) is 17.7 Å². The van der Waals surface area contributed by atoms with Crippen molar-refractivity contribution < 1.29 is 13.9 Å². The number of nitrogens with one attached hydrogen (secondary N) is 1. The number of halogens is 1. The van der Waals surface area contributed by atoms with Gasteiger partial charge in [0.05, 0.1) is 31.0 Å². The van der Waals surface area contributed by atoms with Gasteiger partial charge in [-0.3, -0.25) is 9.89 Å². The van der Waals surface area contributed by atoms with E-state index in [1.807, 2.05) is 6.20 Å². The summed E-state index contributed by atoms with van der Waals surface area (Å²) in [6.07, 6.45) is 2.56. The van der Waals surface area contributed by atoms with Gasteiger partial charge in [0.25, 0.3) is 5.91 Å². The van der Waals surface area contributed by atoms with E-state index in [1.54, 1.807) is 11.0 Å². The molecule has 0 aliphatic carbocycles. The van der Waals surface area contributed by atoms with Crippen LogP contribution in [0.25, 0.3) is 10.9 Å². The second-order valence-electron chi connectivity index (χ2n) is 6.98. The van der Waals surface area contributed by atoms with E-state index in [-0.39, 0.29) is 11.7 Å². The van der Waals surface area contributed by atoms with Gasteiger partial charge >= 0.3 is 0 Å². The highest BCUT2D eigenvalue weighted by Crippen LogP contribution is 2.23. The zero-order valence-electron chi connectivity index (χ0n) is 15.2. The highest BCUT2D eigenvalue weighted by atomic mass is 19.1. The zero-order chi connectivity index (χ0) is 19.1. The maximum Gasteiger partial charge on any atom is 0.275 e. The van der Waals surface area contributed by atoms with Gasteiger partial charge in [0, 0.05) is 31.2 Å². The van der Waals surface area contributed by atoms with Crippen molar-refractivity contribution in [1.29, 1.82) is 0 Å². The first kappa shape index (κ1) is 17.1. The van der Waals surface area contributed by atoms with Crippen LogP contribution in [0, 0.1) is 5.82 Å². The summed E-state index contributed by atoms with van der Waals surface area (Å²) in [6.45, 7) is 3.83. The third-order valence-corrected chi connectivity index (χ3v) is 5.24. The third-order valence-electron chi connectivity index (χ3n) is 5.24. The minimum atomic E-state index is -0.366. The molecule has 144 valence electrons. The number of aromatic amines is 1. The van der Waals surface area contributed by atoms with Crippen LogP contribution in [0.3, 0.4) is 0 Å². The number of benzene rings is 1. The number of morpholine rings is 1. The van der Waals surface area contributed by atoms with Crippen molar-refractivity contribution in [2.75, 3.05) is 37.7 Å². The minimum Gasteiger partial charge on any atom is -0.378 e. The Labute approximate surface area is 160 Å². The van der Waals surface area contributed by atoms with E-state index in [4.69, 9.17) is 9.72 Å². The summed E-state index contributed by atoms with van der Waals surface area (Å²) in [5.74, 6) is 0.126. The largest absolute Gasteiger partial charge is 0.378 e. The number of amides is 1. The lowest BCUT2D eigenvalue weighted by atomic mass is 10.1. The molecule has 1 N–H and O–H groups in total. The SMILES string of the molecule is O=C(c1n[nH]c2cc(F)ccc12)N1CCc2cnc(N3CCOCC3)nc2C1. The number of fused-ring (bicyclic) bond motifs is 2. The Morgan fingerprint density at radius 3 is 2.93 bits per heavy atom. The second kappa shape index (κ2) is 6.83. The van der Waals surface area contributed by atoms with Gasteiger partial charge in [-0.05, 0) is 30.2 Å². The number of H-pyrrole nitrogens is 1. The quantitative estimate of drug-likeness (QED) is 0.723. The monoisotopic (exact) mass is 382 g/mol. The van der Waals surface area contributed by atoms with Crippen molar-refractivity contribution in [3.8, 4) is 0 Å². The second-order valence-corrected chi connectivity index (χ2v) is 6.98. The molecule has 1 aromatic carbocycles. The Bertz CT molecular complexity index is 1050. The van der Waals surface area contributed by atoms with Crippen LogP contribution in [-0.4, -0.2) is 63.8 Å². The Hall–Kier alpha value is -3.07. The van der Waals surface area contributed by atoms with E-state index in [2.05, 4.69) is 20.1 Å². The van der Waals surface area contributed by atoms with Crippen LogP contribution in [0.1, 0.15) is 21.7 Å². The molecule has 2 aliphatic heterocycles. The highest BCUT2D eigenvalue weighted by Gasteiger charge is 2.27. The fourth-order valence-corrected chi connectivity index (χ4v) is 3.69. The molecule has 28 heavy (non-hydrogen) atoms. The Balaban J connectivity index is 1.40. The molecule has 0 atom stereocenters. The van der Waals surface area contributed by atoms with Crippen molar-refractivity contribution in [3.05, 3.63) is 47.2 Å². The Morgan fingerprint density at radius 1 is 1.21 bits per heavy atom. The summed E-state index contributed by atoms with van der Waals surface area (Å²) in [5.41, 5.74) is 2.75. The number of carbonyl (C=O) groups is 1. The number of hydrogen-bond acceptors (Lipinski definition) is 6. The van der Waals surface area contributed by atoms with Crippen molar-refractivity contribution >= 4 is 22.8 Å². The van der Waals surface area contributed by atoms with Crippen LogP contribution in [0.4, 0.5) is 10.3 Å². The standard InChI is InChI=1S/C19H19FN6O2/c20-13-1-2-14-15(9-13)23-24-17(14)18(27)26-4-3-12-10-21-19(22-16(12)11-26)25-5-7-28-8-6-25/h1-2,9-10H,3-8,11H2,(H,23,24). The molecule has 0 bridgehead atoms. The van der Waals surface area contributed by atoms with Crippen molar-refractivity contribution in [1.82, 2.24) is 25.1 Å². The zero-order valence-corrected chi connectivity index (χ0v) is 15.2. The molecule has 0 radical (unpaired) electrons. The fraction of sp³-hybridized carbons (Fsp3) is 0.368. The summed E-state index contributed by atoms with van der Waals surface area (Å²) in [4.78, 5) is 26.1. The van der Waals surface area contributed by atoms with Crippen LogP contribution >= 0.6 is 0 Å². The van der Waals surface area contributed by atoms with Crippen molar-refractivity contribution in [2.24, 2.45) is 0 Å². The van der Waals surface area contributed by atoms with Gasteiger partial charge in [-0.1, -0.05) is 0 Å². The minimum absolute atomic E-state index is 0.185. The Kier molecular flexibility index (Phi) is 4.16. The highest BCUT2D eigenvalue weighted by molar-refractivity contribution is 6.04. The molecule has 2 aliphatic rings. The molecule has 1 fully saturated rings. The molecule has 0 saturated carbocycles. The first-order chi connectivity index (χ1) is 13.7. The van der Waals surface area contributed by atoms with E-state index >= 15 is 0 Å². The molecule has 9 heteroatoms. The molecule has 2 aromatic heterocycles. The third kappa shape index (κ3) is 2.97. The van der Waals surface area contributed by atoms with Gasteiger partial charge in [0.15, 0.2) is 5.69 Å². The summed E-state index contributed by atoms with van der Waals surface area (Å²) in [6, 6.07) is 4.26. The predicted molar refractivity (Wildman–Crippen MR) is 99.6 cm³/mol. The van der Waals surface area contributed by atoms with Gasteiger partial charge in [-0.2, -0.15) is 5.10 Å². The average Bonchev–Trinajstić information content (AvgIpc) is 3.16. The van der Waals surface area contributed by atoms with Gasteiger partial charge in [0.2, 0.25) is 5.95 Å². The maximum atomic E-state index is 13.4. The summed E-state index contributed by atoms with van der Waals surface area (Å²) < 4.78 is 18.8. The van der Waals surface area contributed by atoms with Crippen molar-refractivity contribution in [2.45, 2.75) is 13.0 Å². The number of carbonyl (C=O) groups excluding carboxylic acids is 1. The summed E-state index contributed by atoms with van der Waals surface area (Å²) in [5, 5.41) is 7.48. The number of aromatic nitrogens is 4. The van der Waals surface area contributed by atoms with E-state index in [0.29, 0.717) is 55.3 Å². The predicted octanol–water partition coefficient (Wildman–Crippen LogP) is 1.53. The van der Waals surface area contributed by atoms with Gasteiger partial charge in [-0.25, -0.2) is 14.4 Å². The van der Waals surface area contributed by atoms with Gasteiger partial charge in [-0.15, -0.1) is 0 Å².